The summed E-state index contributed by atoms with van der Waals surface area (Å²) in [6, 6.07) is 10.2. The maximum Gasteiger partial charge on any atom is 0.341 e. The van der Waals surface area contributed by atoms with Crippen molar-refractivity contribution in [2.75, 3.05) is 6.54 Å². The zero-order chi connectivity index (χ0) is 17.7. The number of nitrogens with one attached hydrogen (secondary N) is 1. The van der Waals surface area contributed by atoms with Crippen LogP contribution in [0.4, 0.5) is 13.2 Å². The van der Waals surface area contributed by atoms with E-state index in [0.717, 1.165) is 24.3 Å². The van der Waals surface area contributed by atoms with Crippen molar-refractivity contribution in [2.24, 2.45) is 0 Å². The van der Waals surface area contributed by atoms with Crippen molar-refractivity contribution in [3.05, 3.63) is 65.5 Å². The molecule has 24 heavy (non-hydrogen) atoms. The third kappa shape index (κ3) is 4.35. The number of hydrogen-bond acceptors (Lipinski definition) is 3. The Morgan fingerprint density at radius 3 is 2.33 bits per heavy atom. The molecule has 0 aliphatic heterocycles. The van der Waals surface area contributed by atoms with E-state index < -0.39 is 26.4 Å². The molecule has 0 saturated carbocycles. The Labute approximate surface area is 137 Å². The van der Waals surface area contributed by atoms with E-state index >= 15 is 0 Å². The van der Waals surface area contributed by atoms with Crippen LogP contribution >= 0.6 is 0 Å². The number of amides is 1. The molecule has 0 radical (unpaired) electrons. The zero-order valence-corrected chi connectivity index (χ0v) is 13.2. The van der Waals surface area contributed by atoms with Crippen LogP contribution < -0.4 is 5.32 Å². The number of alkyl halides is 2. The molecule has 128 valence electrons. The quantitative estimate of drug-likeness (QED) is 0.865. The minimum atomic E-state index is -4.68. The largest absolute Gasteiger partial charge is 0.352 e. The molecular formula is C16H14F3NO3S. The summed E-state index contributed by atoms with van der Waals surface area (Å²) in [5.41, 5.74) is 0.858. The molecule has 0 atom stereocenters. The molecule has 0 aromatic heterocycles. The first-order chi connectivity index (χ1) is 11.3. The van der Waals surface area contributed by atoms with Gasteiger partial charge in [-0.25, -0.2) is 12.8 Å². The molecule has 0 fully saturated rings. The van der Waals surface area contributed by atoms with Gasteiger partial charge in [-0.05, 0) is 48.4 Å². The van der Waals surface area contributed by atoms with Crippen molar-refractivity contribution in [3.63, 3.8) is 0 Å². The molecule has 0 saturated heterocycles. The minimum absolute atomic E-state index is 0.141. The molecule has 0 bridgehead atoms. The average molecular weight is 357 g/mol. The standard InChI is InChI=1S/C16H14F3NO3S/c17-13-3-1-2-11(10-13)8-9-20-15(21)12-4-6-14(7-5-12)24(22,23)16(18)19/h1-7,10,16H,8-9H2,(H,20,21). The Hall–Kier alpha value is -2.35. The van der Waals surface area contributed by atoms with Gasteiger partial charge in [0.25, 0.3) is 5.91 Å². The van der Waals surface area contributed by atoms with E-state index in [9.17, 15) is 26.4 Å². The second-order valence-corrected chi connectivity index (χ2v) is 6.88. The molecule has 0 heterocycles. The SMILES string of the molecule is O=C(NCCc1cccc(F)c1)c1ccc(S(=O)(=O)C(F)F)cc1. The van der Waals surface area contributed by atoms with Crippen LogP contribution in [0, 0.1) is 5.82 Å². The van der Waals surface area contributed by atoms with Crippen LogP contribution in [0.5, 0.6) is 0 Å². The lowest BCUT2D eigenvalue weighted by Gasteiger charge is -2.07. The van der Waals surface area contributed by atoms with Gasteiger partial charge in [-0.1, -0.05) is 12.1 Å². The number of benzene rings is 2. The van der Waals surface area contributed by atoms with Crippen molar-refractivity contribution >= 4 is 15.7 Å². The van der Waals surface area contributed by atoms with E-state index in [2.05, 4.69) is 5.32 Å². The highest BCUT2D eigenvalue weighted by Gasteiger charge is 2.26. The molecule has 1 N–H and O–H groups in total. The normalized spacial score (nSPS) is 11.5. The molecule has 8 heteroatoms. The Bertz CT molecular complexity index is 821. The molecule has 0 aliphatic rings. The zero-order valence-electron chi connectivity index (χ0n) is 12.4. The van der Waals surface area contributed by atoms with E-state index in [0.29, 0.717) is 12.0 Å². The molecule has 0 unspecified atom stereocenters. The molecule has 2 aromatic carbocycles. The lowest BCUT2D eigenvalue weighted by molar-refractivity contribution is 0.0954. The van der Waals surface area contributed by atoms with E-state index in [1.807, 2.05) is 0 Å². The molecule has 0 aliphatic carbocycles. The third-order valence-corrected chi connectivity index (χ3v) is 4.67. The number of hydrogen-bond donors (Lipinski definition) is 1. The first-order valence-corrected chi connectivity index (χ1v) is 8.50. The summed E-state index contributed by atoms with van der Waals surface area (Å²) < 4.78 is 60.4. The summed E-state index contributed by atoms with van der Waals surface area (Å²) >= 11 is 0. The van der Waals surface area contributed by atoms with E-state index in [1.165, 1.54) is 12.1 Å². The van der Waals surface area contributed by atoms with Crippen LogP contribution in [-0.2, 0) is 16.3 Å². The van der Waals surface area contributed by atoms with Gasteiger partial charge in [0.2, 0.25) is 9.84 Å². The Balaban J connectivity index is 1.96. The first kappa shape index (κ1) is 18.0. The van der Waals surface area contributed by atoms with Crippen molar-refractivity contribution in [1.29, 1.82) is 0 Å². The molecule has 1 amide bonds. The summed E-state index contributed by atoms with van der Waals surface area (Å²) in [4.78, 5) is 11.4. The monoisotopic (exact) mass is 357 g/mol. The van der Waals surface area contributed by atoms with Gasteiger partial charge >= 0.3 is 5.76 Å². The summed E-state index contributed by atoms with van der Waals surface area (Å²) in [5.74, 6) is -4.36. The van der Waals surface area contributed by atoms with Crippen LogP contribution in [0.1, 0.15) is 15.9 Å². The predicted molar refractivity (Wildman–Crippen MR) is 82.1 cm³/mol. The molecule has 2 rings (SSSR count). The van der Waals surface area contributed by atoms with Gasteiger partial charge in [0.05, 0.1) is 4.90 Å². The Morgan fingerprint density at radius 1 is 1.08 bits per heavy atom. The van der Waals surface area contributed by atoms with Crippen LogP contribution in [0.3, 0.4) is 0 Å². The maximum atomic E-state index is 13.0. The lowest BCUT2D eigenvalue weighted by atomic mass is 10.1. The van der Waals surface area contributed by atoms with E-state index in [-0.39, 0.29) is 17.9 Å². The van der Waals surface area contributed by atoms with Crippen molar-refractivity contribution in [2.45, 2.75) is 17.1 Å². The van der Waals surface area contributed by atoms with Gasteiger partial charge in [-0.15, -0.1) is 0 Å². The number of carbonyl (C=O) groups is 1. The number of sulfone groups is 1. The summed E-state index contributed by atoms with van der Waals surface area (Å²) in [6.45, 7) is 0.249. The van der Waals surface area contributed by atoms with Gasteiger partial charge in [-0.3, -0.25) is 4.79 Å². The Morgan fingerprint density at radius 2 is 1.75 bits per heavy atom. The highest BCUT2D eigenvalue weighted by Crippen LogP contribution is 2.18. The highest BCUT2D eigenvalue weighted by atomic mass is 32.2. The Kier molecular flexibility index (Phi) is 5.61. The van der Waals surface area contributed by atoms with Gasteiger partial charge in [0.15, 0.2) is 0 Å². The first-order valence-electron chi connectivity index (χ1n) is 6.95. The maximum absolute atomic E-state index is 13.0. The van der Waals surface area contributed by atoms with Crippen LogP contribution in [0.2, 0.25) is 0 Å². The van der Waals surface area contributed by atoms with Crippen LogP contribution in [0.15, 0.2) is 53.4 Å². The van der Waals surface area contributed by atoms with E-state index in [1.54, 1.807) is 12.1 Å². The van der Waals surface area contributed by atoms with E-state index in [4.69, 9.17) is 0 Å². The summed E-state index contributed by atoms with van der Waals surface area (Å²) in [7, 11) is -4.68. The van der Waals surface area contributed by atoms with Crippen molar-refractivity contribution in [1.82, 2.24) is 5.32 Å². The topological polar surface area (TPSA) is 63.2 Å². The van der Waals surface area contributed by atoms with Crippen LogP contribution in [0.25, 0.3) is 0 Å². The molecule has 0 spiro atoms. The highest BCUT2D eigenvalue weighted by molar-refractivity contribution is 7.91. The summed E-state index contributed by atoms with van der Waals surface area (Å²) in [6.07, 6.45) is 0.418. The van der Waals surface area contributed by atoms with Crippen molar-refractivity contribution in [3.8, 4) is 0 Å². The fraction of sp³-hybridized carbons (Fsp3) is 0.188. The fourth-order valence-electron chi connectivity index (χ4n) is 2.01. The molecule has 2 aromatic rings. The second-order valence-electron chi connectivity index (χ2n) is 4.97. The minimum Gasteiger partial charge on any atom is -0.352 e. The van der Waals surface area contributed by atoms with Gasteiger partial charge in [-0.2, -0.15) is 8.78 Å². The van der Waals surface area contributed by atoms with Gasteiger partial charge < -0.3 is 5.32 Å². The number of halogens is 3. The smallest absolute Gasteiger partial charge is 0.341 e. The molecule has 4 nitrogen and oxygen atoms in total. The molecular weight excluding hydrogens is 343 g/mol. The average Bonchev–Trinajstić information content (AvgIpc) is 2.55. The lowest BCUT2D eigenvalue weighted by Crippen LogP contribution is -2.25. The second kappa shape index (κ2) is 7.48. The van der Waals surface area contributed by atoms with Gasteiger partial charge in [0, 0.05) is 12.1 Å². The summed E-state index contributed by atoms with van der Waals surface area (Å²) in [5, 5.41) is 2.59. The fourth-order valence-corrected chi connectivity index (χ4v) is 2.73. The van der Waals surface area contributed by atoms with Crippen LogP contribution in [-0.4, -0.2) is 26.6 Å². The van der Waals surface area contributed by atoms with Crippen molar-refractivity contribution < 1.29 is 26.4 Å². The number of carbonyl (C=O) groups excluding carboxylic acids is 1. The van der Waals surface area contributed by atoms with Gasteiger partial charge in [0.1, 0.15) is 5.82 Å². The number of rotatable bonds is 6. The predicted octanol–water partition coefficient (Wildman–Crippen LogP) is 2.79. The third-order valence-electron chi connectivity index (χ3n) is 3.27.